The SMILES string of the molecule is ClCCN1CCC(c2ccccc2Cl)CC1. The number of nitrogens with zero attached hydrogens (tertiary/aromatic N) is 1. The van der Waals surface area contributed by atoms with Gasteiger partial charge in [-0.2, -0.15) is 0 Å². The smallest absolute Gasteiger partial charge is 0.0440 e. The van der Waals surface area contributed by atoms with E-state index < -0.39 is 0 Å². The Morgan fingerprint density at radius 1 is 1.19 bits per heavy atom. The van der Waals surface area contributed by atoms with Gasteiger partial charge in [0.2, 0.25) is 0 Å². The predicted octanol–water partition coefficient (Wildman–Crippen LogP) is 3.76. The fraction of sp³-hybridized carbons (Fsp3) is 0.538. The summed E-state index contributed by atoms with van der Waals surface area (Å²) in [5, 5.41) is 0.915. The first kappa shape index (κ1) is 12.2. The summed E-state index contributed by atoms with van der Waals surface area (Å²) in [7, 11) is 0. The molecule has 0 spiro atoms. The fourth-order valence-corrected chi connectivity index (χ4v) is 2.92. The van der Waals surface area contributed by atoms with Crippen molar-refractivity contribution in [2.24, 2.45) is 0 Å². The van der Waals surface area contributed by atoms with Gasteiger partial charge in [0.05, 0.1) is 0 Å². The van der Waals surface area contributed by atoms with Crippen LogP contribution in [0.1, 0.15) is 24.3 Å². The highest BCUT2D eigenvalue weighted by molar-refractivity contribution is 6.31. The molecule has 1 aromatic rings. The molecule has 0 bridgehead atoms. The Labute approximate surface area is 107 Å². The van der Waals surface area contributed by atoms with Crippen molar-refractivity contribution in [2.75, 3.05) is 25.5 Å². The summed E-state index contributed by atoms with van der Waals surface area (Å²) in [6, 6.07) is 8.22. The molecule has 0 amide bonds. The molecule has 1 heterocycles. The van der Waals surface area contributed by atoms with Crippen LogP contribution in [0, 0.1) is 0 Å². The molecule has 0 aromatic heterocycles. The Hall–Kier alpha value is -0.240. The second-order valence-corrected chi connectivity index (χ2v) is 5.11. The van der Waals surface area contributed by atoms with Gasteiger partial charge in [-0.05, 0) is 43.5 Å². The normalized spacial score (nSPS) is 18.9. The fourth-order valence-electron chi connectivity index (χ4n) is 2.39. The summed E-state index contributed by atoms with van der Waals surface area (Å²) in [6.07, 6.45) is 2.39. The van der Waals surface area contributed by atoms with Gasteiger partial charge in [0.15, 0.2) is 0 Å². The highest BCUT2D eigenvalue weighted by Gasteiger charge is 2.21. The van der Waals surface area contributed by atoms with E-state index in [1.54, 1.807) is 0 Å². The maximum absolute atomic E-state index is 6.22. The Balaban J connectivity index is 1.96. The lowest BCUT2D eigenvalue weighted by Crippen LogP contribution is -2.34. The minimum Gasteiger partial charge on any atom is -0.302 e. The number of likely N-dealkylation sites (tertiary alicyclic amines) is 1. The molecule has 1 aromatic carbocycles. The van der Waals surface area contributed by atoms with Crippen LogP contribution >= 0.6 is 23.2 Å². The molecule has 0 radical (unpaired) electrons. The van der Waals surface area contributed by atoms with Gasteiger partial charge in [0.1, 0.15) is 0 Å². The van der Waals surface area contributed by atoms with Gasteiger partial charge in [0, 0.05) is 17.4 Å². The van der Waals surface area contributed by atoms with Crippen LogP contribution < -0.4 is 0 Å². The summed E-state index contributed by atoms with van der Waals surface area (Å²) in [5.41, 5.74) is 1.31. The lowest BCUT2D eigenvalue weighted by atomic mass is 9.89. The van der Waals surface area contributed by atoms with Crippen molar-refractivity contribution < 1.29 is 0 Å². The summed E-state index contributed by atoms with van der Waals surface area (Å²) in [4.78, 5) is 2.43. The van der Waals surface area contributed by atoms with Crippen molar-refractivity contribution >= 4 is 23.2 Å². The van der Waals surface area contributed by atoms with Gasteiger partial charge in [0.25, 0.3) is 0 Å². The second-order valence-electron chi connectivity index (χ2n) is 4.33. The van der Waals surface area contributed by atoms with E-state index >= 15 is 0 Å². The maximum Gasteiger partial charge on any atom is 0.0440 e. The molecule has 1 nitrogen and oxygen atoms in total. The number of alkyl halides is 1. The monoisotopic (exact) mass is 257 g/mol. The van der Waals surface area contributed by atoms with E-state index in [1.807, 2.05) is 12.1 Å². The van der Waals surface area contributed by atoms with E-state index in [2.05, 4.69) is 17.0 Å². The topological polar surface area (TPSA) is 3.24 Å². The van der Waals surface area contributed by atoms with Crippen LogP contribution in [0.15, 0.2) is 24.3 Å². The predicted molar refractivity (Wildman–Crippen MR) is 70.6 cm³/mol. The number of hydrogen-bond donors (Lipinski definition) is 0. The van der Waals surface area contributed by atoms with Crippen molar-refractivity contribution in [3.63, 3.8) is 0 Å². The quantitative estimate of drug-likeness (QED) is 0.746. The first-order valence-corrected chi connectivity index (χ1v) is 6.75. The van der Waals surface area contributed by atoms with Gasteiger partial charge >= 0.3 is 0 Å². The number of piperidine rings is 1. The van der Waals surface area contributed by atoms with Gasteiger partial charge in [-0.3, -0.25) is 0 Å². The molecule has 3 heteroatoms. The lowest BCUT2D eigenvalue weighted by Gasteiger charge is -2.32. The lowest BCUT2D eigenvalue weighted by molar-refractivity contribution is 0.223. The number of halogens is 2. The van der Waals surface area contributed by atoms with Crippen LogP contribution in [0.5, 0.6) is 0 Å². The van der Waals surface area contributed by atoms with Gasteiger partial charge in [-0.15, -0.1) is 11.6 Å². The molecule has 2 rings (SSSR count). The number of rotatable bonds is 3. The Morgan fingerprint density at radius 3 is 2.50 bits per heavy atom. The van der Waals surface area contributed by atoms with E-state index in [4.69, 9.17) is 23.2 Å². The standard InChI is InChI=1S/C13H17Cl2N/c14-7-10-16-8-5-11(6-9-16)12-3-1-2-4-13(12)15/h1-4,11H,5-10H2. The molecule has 0 aliphatic carbocycles. The van der Waals surface area contributed by atoms with E-state index in [1.165, 1.54) is 18.4 Å². The summed E-state index contributed by atoms with van der Waals surface area (Å²) in [5.74, 6) is 1.36. The van der Waals surface area contributed by atoms with Crippen LogP contribution in [0.3, 0.4) is 0 Å². The molecule has 16 heavy (non-hydrogen) atoms. The van der Waals surface area contributed by atoms with E-state index in [9.17, 15) is 0 Å². The molecular formula is C13H17Cl2N. The van der Waals surface area contributed by atoms with Gasteiger partial charge in [-0.25, -0.2) is 0 Å². The molecule has 1 aliphatic rings. The third kappa shape index (κ3) is 2.91. The Bertz CT molecular complexity index is 332. The van der Waals surface area contributed by atoms with Crippen molar-refractivity contribution in [1.82, 2.24) is 4.90 Å². The average Bonchev–Trinajstić information content (AvgIpc) is 2.31. The van der Waals surface area contributed by atoms with Crippen molar-refractivity contribution in [1.29, 1.82) is 0 Å². The van der Waals surface area contributed by atoms with E-state index in [-0.39, 0.29) is 0 Å². The third-order valence-electron chi connectivity index (χ3n) is 3.33. The van der Waals surface area contributed by atoms with Crippen LogP contribution in [0.2, 0.25) is 5.02 Å². The zero-order chi connectivity index (χ0) is 11.4. The molecule has 0 saturated carbocycles. The zero-order valence-corrected chi connectivity index (χ0v) is 10.8. The summed E-state index contributed by atoms with van der Waals surface area (Å²) in [6.45, 7) is 3.29. The van der Waals surface area contributed by atoms with Crippen LogP contribution in [0.25, 0.3) is 0 Å². The van der Waals surface area contributed by atoms with Gasteiger partial charge < -0.3 is 4.90 Å². The van der Waals surface area contributed by atoms with E-state index in [0.29, 0.717) is 5.92 Å². The highest BCUT2D eigenvalue weighted by atomic mass is 35.5. The second kappa shape index (κ2) is 5.90. The van der Waals surface area contributed by atoms with E-state index in [0.717, 1.165) is 30.5 Å². The maximum atomic E-state index is 6.22. The largest absolute Gasteiger partial charge is 0.302 e. The third-order valence-corrected chi connectivity index (χ3v) is 3.85. The first-order chi connectivity index (χ1) is 7.81. The number of hydrogen-bond acceptors (Lipinski definition) is 1. The van der Waals surface area contributed by atoms with Crippen LogP contribution in [0.4, 0.5) is 0 Å². The molecule has 1 aliphatic heterocycles. The molecule has 0 N–H and O–H groups in total. The summed E-state index contributed by atoms with van der Waals surface area (Å²) < 4.78 is 0. The zero-order valence-electron chi connectivity index (χ0n) is 9.33. The Morgan fingerprint density at radius 2 is 1.88 bits per heavy atom. The summed E-state index contributed by atoms with van der Waals surface area (Å²) >= 11 is 12.0. The molecular weight excluding hydrogens is 241 g/mol. The minimum absolute atomic E-state index is 0.625. The van der Waals surface area contributed by atoms with Crippen LogP contribution in [-0.2, 0) is 0 Å². The van der Waals surface area contributed by atoms with Crippen molar-refractivity contribution in [3.8, 4) is 0 Å². The van der Waals surface area contributed by atoms with Gasteiger partial charge in [-0.1, -0.05) is 29.8 Å². The first-order valence-electron chi connectivity index (χ1n) is 5.84. The Kier molecular flexibility index (Phi) is 4.51. The van der Waals surface area contributed by atoms with Crippen molar-refractivity contribution in [3.05, 3.63) is 34.9 Å². The minimum atomic E-state index is 0.625. The highest BCUT2D eigenvalue weighted by Crippen LogP contribution is 2.32. The van der Waals surface area contributed by atoms with Crippen molar-refractivity contribution in [2.45, 2.75) is 18.8 Å². The number of benzene rings is 1. The average molecular weight is 258 g/mol. The molecule has 1 saturated heterocycles. The molecule has 0 atom stereocenters. The van der Waals surface area contributed by atoms with Crippen LogP contribution in [-0.4, -0.2) is 30.4 Å². The molecule has 0 unspecified atom stereocenters. The molecule has 88 valence electrons. The molecule has 1 fully saturated rings.